The van der Waals surface area contributed by atoms with Crippen molar-refractivity contribution in [3.05, 3.63) is 59.2 Å². The first-order valence-corrected chi connectivity index (χ1v) is 9.03. The van der Waals surface area contributed by atoms with Crippen LogP contribution < -0.4 is 15.0 Å². The van der Waals surface area contributed by atoms with Gasteiger partial charge in [0.05, 0.1) is 19.6 Å². The Morgan fingerprint density at radius 1 is 1.19 bits per heavy atom. The number of hydrogen-bond donors (Lipinski definition) is 1. The minimum Gasteiger partial charge on any atom is -0.493 e. The number of carbonyl (C=O) groups excluding carboxylic acids is 2. The zero-order chi connectivity index (χ0) is 19.2. The van der Waals surface area contributed by atoms with Gasteiger partial charge in [-0.2, -0.15) is 0 Å². The van der Waals surface area contributed by atoms with Crippen molar-refractivity contribution in [3.63, 3.8) is 0 Å². The first-order chi connectivity index (χ1) is 13.0. The number of hydrogen-bond acceptors (Lipinski definition) is 4. The van der Waals surface area contributed by atoms with Gasteiger partial charge in [-0.1, -0.05) is 18.2 Å². The minimum absolute atomic E-state index is 0.0789. The monoisotopic (exact) mass is 368 g/mol. The maximum Gasteiger partial charge on any atom is 0.414 e. The molecule has 0 aliphatic carbocycles. The van der Waals surface area contributed by atoms with E-state index >= 15 is 0 Å². The molecule has 142 valence electrons. The van der Waals surface area contributed by atoms with Crippen LogP contribution in [0.2, 0.25) is 0 Å². The van der Waals surface area contributed by atoms with Gasteiger partial charge in [-0.15, -0.1) is 0 Å². The Hall–Kier alpha value is -3.02. The molecular weight excluding hydrogens is 344 g/mol. The fourth-order valence-electron chi connectivity index (χ4n) is 2.82. The molecular formula is C21H24N2O4. The highest BCUT2D eigenvalue weighted by atomic mass is 16.6. The van der Waals surface area contributed by atoms with Crippen molar-refractivity contribution in [2.75, 3.05) is 24.7 Å². The Labute approximate surface area is 159 Å². The molecule has 2 aromatic carbocycles. The predicted molar refractivity (Wildman–Crippen MR) is 103 cm³/mol. The van der Waals surface area contributed by atoms with Gasteiger partial charge in [0.25, 0.3) is 0 Å². The van der Waals surface area contributed by atoms with E-state index in [1.807, 2.05) is 56.3 Å². The highest BCUT2D eigenvalue weighted by molar-refractivity contribution is 5.89. The molecule has 3 rings (SSSR count). The molecule has 6 nitrogen and oxygen atoms in total. The first kappa shape index (κ1) is 18.8. The van der Waals surface area contributed by atoms with Crippen LogP contribution in [0, 0.1) is 13.8 Å². The summed E-state index contributed by atoms with van der Waals surface area (Å²) in [5.74, 6) is 0.695. The van der Waals surface area contributed by atoms with E-state index in [1.165, 1.54) is 11.1 Å². The number of anilines is 1. The van der Waals surface area contributed by atoms with Gasteiger partial charge in [-0.25, -0.2) is 4.79 Å². The summed E-state index contributed by atoms with van der Waals surface area (Å²) in [4.78, 5) is 25.3. The molecule has 1 aliphatic rings. The second-order valence-electron chi connectivity index (χ2n) is 6.56. The van der Waals surface area contributed by atoms with E-state index in [-0.39, 0.29) is 18.4 Å². The maximum absolute atomic E-state index is 12.0. The molecule has 6 heteroatoms. The second kappa shape index (κ2) is 8.58. The van der Waals surface area contributed by atoms with Gasteiger partial charge in [-0.05, 0) is 54.8 Å². The summed E-state index contributed by atoms with van der Waals surface area (Å²) in [6, 6.07) is 13.4. The van der Waals surface area contributed by atoms with Crippen LogP contribution in [0.1, 0.15) is 23.1 Å². The molecule has 0 spiro atoms. The third-order valence-corrected chi connectivity index (χ3v) is 4.55. The van der Waals surface area contributed by atoms with Crippen LogP contribution >= 0.6 is 0 Å². The molecule has 0 aromatic heterocycles. The lowest BCUT2D eigenvalue weighted by atomic mass is 10.1. The van der Waals surface area contributed by atoms with Crippen molar-refractivity contribution in [1.29, 1.82) is 0 Å². The summed E-state index contributed by atoms with van der Waals surface area (Å²) in [6.45, 7) is 5.76. The normalized spacial score (nSPS) is 13.4. The van der Waals surface area contributed by atoms with Gasteiger partial charge in [0.1, 0.15) is 12.4 Å². The molecule has 0 bridgehead atoms. The van der Waals surface area contributed by atoms with Gasteiger partial charge in [0.15, 0.2) is 0 Å². The largest absolute Gasteiger partial charge is 0.493 e. The third-order valence-electron chi connectivity index (χ3n) is 4.55. The molecule has 1 saturated heterocycles. The molecule has 1 aliphatic heterocycles. The standard InChI is InChI=1S/C21H24N2O4/c1-15-6-7-19(12-16(15)2)26-10-8-20(24)22-14-17-4-3-5-18(13-17)23-9-11-27-21(23)25/h3-7,12-13H,8-11,14H2,1-2H3,(H,22,24). The van der Waals surface area contributed by atoms with E-state index in [1.54, 1.807) is 4.90 Å². The molecule has 0 atom stereocenters. The number of cyclic esters (lactones) is 1. The molecule has 0 saturated carbocycles. The molecule has 0 unspecified atom stereocenters. The molecule has 1 N–H and O–H groups in total. The Morgan fingerprint density at radius 3 is 2.78 bits per heavy atom. The van der Waals surface area contributed by atoms with E-state index in [4.69, 9.17) is 9.47 Å². The number of nitrogens with zero attached hydrogens (tertiary/aromatic N) is 1. The van der Waals surface area contributed by atoms with E-state index < -0.39 is 0 Å². The van der Waals surface area contributed by atoms with Gasteiger partial charge < -0.3 is 14.8 Å². The van der Waals surface area contributed by atoms with Crippen molar-refractivity contribution < 1.29 is 19.1 Å². The van der Waals surface area contributed by atoms with E-state index in [0.29, 0.717) is 26.3 Å². The van der Waals surface area contributed by atoms with Crippen LogP contribution in [0.3, 0.4) is 0 Å². The van der Waals surface area contributed by atoms with E-state index in [0.717, 1.165) is 17.0 Å². The molecule has 2 amide bonds. The summed E-state index contributed by atoms with van der Waals surface area (Å²) in [5.41, 5.74) is 4.08. The quantitative estimate of drug-likeness (QED) is 0.814. The summed E-state index contributed by atoms with van der Waals surface area (Å²) >= 11 is 0. The fraction of sp³-hybridized carbons (Fsp3) is 0.333. The molecule has 2 aromatic rings. The molecule has 1 heterocycles. The molecule has 1 fully saturated rings. The second-order valence-corrected chi connectivity index (χ2v) is 6.56. The van der Waals surface area contributed by atoms with Crippen LogP contribution in [-0.4, -0.2) is 31.8 Å². The smallest absolute Gasteiger partial charge is 0.414 e. The Bertz CT molecular complexity index is 835. The zero-order valence-electron chi connectivity index (χ0n) is 15.7. The van der Waals surface area contributed by atoms with Crippen LogP contribution in [0.4, 0.5) is 10.5 Å². The van der Waals surface area contributed by atoms with Crippen LogP contribution in [0.5, 0.6) is 5.75 Å². The van der Waals surface area contributed by atoms with Crippen LogP contribution in [-0.2, 0) is 16.1 Å². The van der Waals surface area contributed by atoms with Crippen molar-refractivity contribution in [2.24, 2.45) is 0 Å². The predicted octanol–water partition coefficient (Wildman–Crippen LogP) is 3.35. The highest BCUT2D eigenvalue weighted by Gasteiger charge is 2.23. The number of aryl methyl sites for hydroxylation is 2. The summed E-state index contributed by atoms with van der Waals surface area (Å²) in [5, 5.41) is 2.88. The number of nitrogens with one attached hydrogen (secondary N) is 1. The van der Waals surface area contributed by atoms with Gasteiger partial charge in [0, 0.05) is 12.2 Å². The van der Waals surface area contributed by atoms with Crippen LogP contribution in [0.25, 0.3) is 0 Å². The van der Waals surface area contributed by atoms with E-state index in [9.17, 15) is 9.59 Å². The Kier molecular flexibility index (Phi) is 5.96. The summed E-state index contributed by atoms with van der Waals surface area (Å²) in [6.07, 6.45) is -0.0508. The lowest BCUT2D eigenvalue weighted by molar-refractivity contribution is -0.121. The number of ether oxygens (including phenoxy) is 2. The third kappa shape index (κ3) is 5.00. The molecule has 0 radical (unpaired) electrons. The minimum atomic E-state index is -0.334. The van der Waals surface area contributed by atoms with Crippen molar-refractivity contribution in [1.82, 2.24) is 5.32 Å². The Balaban J connectivity index is 1.45. The van der Waals surface area contributed by atoms with Crippen LogP contribution in [0.15, 0.2) is 42.5 Å². The fourth-order valence-corrected chi connectivity index (χ4v) is 2.82. The number of rotatable bonds is 7. The molecule has 27 heavy (non-hydrogen) atoms. The van der Waals surface area contributed by atoms with Crippen molar-refractivity contribution in [3.8, 4) is 5.75 Å². The number of benzene rings is 2. The first-order valence-electron chi connectivity index (χ1n) is 9.03. The van der Waals surface area contributed by atoms with Crippen molar-refractivity contribution >= 4 is 17.7 Å². The van der Waals surface area contributed by atoms with Gasteiger partial charge in [-0.3, -0.25) is 9.69 Å². The summed E-state index contributed by atoms with van der Waals surface area (Å²) in [7, 11) is 0. The lowest BCUT2D eigenvalue weighted by Crippen LogP contribution is -2.25. The van der Waals surface area contributed by atoms with Gasteiger partial charge >= 0.3 is 6.09 Å². The number of carbonyl (C=O) groups is 2. The number of amides is 2. The average Bonchev–Trinajstić information content (AvgIpc) is 3.09. The average molecular weight is 368 g/mol. The maximum atomic E-state index is 12.0. The SMILES string of the molecule is Cc1ccc(OCCC(=O)NCc2cccc(N3CCOC3=O)c2)cc1C. The topological polar surface area (TPSA) is 67.9 Å². The lowest BCUT2D eigenvalue weighted by Gasteiger charge is -2.14. The Morgan fingerprint density at radius 2 is 2.04 bits per heavy atom. The van der Waals surface area contributed by atoms with Crippen molar-refractivity contribution in [2.45, 2.75) is 26.8 Å². The summed E-state index contributed by atoms with van der Waals surface area (Å²) < 4.78 is 10.6. The zero-order valence-corrected chi connectivity index (χ0v) is 15.7. The van der Waals surface area contributed by atoms with Gasteiger partial charge in [0.2, 0.25) is 5.91 Å². The highest BCUT2D eigenvalue weighted by Crippen LogP contribution is 2.20. The van der Waals surface area contributed by atoms with E-state index in [2.05, 4.69) is 5.32 Å².